The van der Waals surface area contributed by atoms with Crippen LogP contribution in [0.15, 0.2) is 18.2 Å². The van der Waals surface area contributed by atoms with Crippen molar-refractivity contribution in [1.29, 1.82) is 5.26 Å². The van der Waals surface area contributed by atoms with Crippen LogP contribution in [0.3, 0.4) is 0 Å². The Morgan fingerprint density at radius 1 is 1.50 bits per heavy atom. The number of anilines is 1. The van der Waals surface area contributed by atoms with Crippen molar-refractivity contribution >= 4 is 15.7 Å². The van der Waals surface area contributed by atoms with E-state index in [2.05, 4.69) is 16.6 Å². The highest BCUT2D eigenvalue weighted by molar-refractivity contribution is 7.93. The number of halogens is 1. The summed E-state index contributed by atoms with van der Waals surface area (Å²) in [6, 6.07) is 5.27. The fourth-order valence-electron chi connectivity index (χ4n) is 1.22. The molecule has 0 saturated heterocycles. The molecule has 20 heavy (non-hydrogen) atoms. The molecule has 0 heterocycles. The van der Waals surface area contributed by atoms with Crippen LogP contribution in [0.1, 0.15) is 18.9 Å². The van der Waals surface area contributed by atoms with E-state index in [1.165, 1.54) is 19.1 Å². The molecule has 7 heteroatoms. The van der Waals surface area contributed by atoms with E-state index in [1.807, 2.05) is 0 Å². The van der Waals surface area contributed by atoms with Crippen LogP contribution in [0.5, 0.6) is 0 Å². The summed E-state index contributed by atoms with van der Waals surface area (Å²) in [7, 11) is -3.86. The van der Waals surface area contributed by atoms with Crippen molar-refractivity contribution in [2.75, 3.05) is 11.3 Å². The molecule has 0 aromatic heterocycles. The molecular formula is C13H13FN2O3S. The third-order valence-electron chi connectivity index (χ3n) is 2.34. The summed E-state index contributed by atoms with van der Waals surface area (Å²) < 4.78 is 39.0. The zero-order chi connectivity index (χ0) is 15.2. The molecular weight excluding hydrogens is 283 g/mol. The van der Waals surface area contributed by atoms with E-state index >= 15 is 0 Å². The van der Waals surface area contributed by atoms with E-state index in [4.69, 9.17) is 10.4 Å². The minimum absolute atomic E-state index is 0.0253. The van der Waals surface area contributed by atoms with Gasteiger partial charge in [0.1, 0.15) is 5.82 Å². The summed E-state index contributed by atoms with van der Waals surface area (Å²) in [4.78, 5) is 0. The first-order valence-corrected chi connectivity index (χ1v) is 7.26. The Hall–Kier alpha value is -2.09. The highest BCUT2D eigenvalue weighted by Crippen LogP contribution is 2.16. The van der Waals surface area contributed by atoms with Gasteiger partial charge >= 0.3 is 0 Å². The van der Waals surface area contributed by atoms with Crippen molar-refractivity contribution < 1.29 is 17.9 Å². The molecule has 1 aromatic rings. The van der Waals surface area contributed by atoms with E-state index < -0.39 is 21.1 Å². The van der Waals surface area contributed by atoms with Gasteiger partial charge in [0, 0.05) is 6.42 Å². The van der Waals surface area contributed by atoms with Gasteiger partial charge in [-0.15, -0.1) is 0 Å². The highest BCUT2D eigenvalue weighted by atomic mass is 32.2. The van der Waals surface area contributed by atoms with Gasteiger partial charge in [-0.25, -0.2) is 12.8 Å². The Kier molecular flexibility index (Phi) is 5.51. The van der Waals surface area contributed by atoms with Crippen LogP contribution in [0.4, 0.5) is 10.1 Å². The number of hydrogen-bond donors (Lipinski definition) is 2. The molecule has 0 fully saturated rings. The SMILES string of the molecule is CC(C#N)S(=O)(=O)Nc1ccc(C#CCCO)c(F)c1. The van der Waals surface area contributed by atoms with Crippen molar-refractivity contribution in [1.82, 2.24) is 0 Å². The number of hydrogen-bond acceptors (Lipinski definition) is 4. The average Bonchev–Trinajstić information content (AvgIpc) is 2.40. The molecule has 1 atom stereocenters. The van der Waals surface area contributed by atoms with Crippen molar-refractivity contribution in [2.24, 2.45) is 0 Å². The van der Waals surface area contributed by atoms with Gasteiger partial charge in [-0.3, -0.25) is 4.72 Å². The van der Waals surface area contributed by atoms with Gasteiger partial charge in [-0.2, -0.15) is 5.26 Å². The Morgan fingerprint density at radius 2 is 2.20 bits per heavy atom. The third kappa shape index (κ3) is 4.23. The quantitative estimate of drug-likeness (QED) is 0.817. The van der Waals surface area contributed by atoms with Crippen LogP contribution >= 0.6 is 0 Å². The first-order valence-electron chi connectivity index (χ1n) is 5.71. The highest BCUT2D eigenvalue weighted by Gasteiger charge is 2.20. The molecule has 0 aliphatic carbocycles. The number of rotatable bonds is 4. The van der Waals surface area contributed by atoms with Gasteiger partial charge in [-0.1, -0.05) is 11.8 Å². The van der Waals surface area contributed by atoms with Gasteiger partial charge < -0.3 is 5.11 Å². The Bertz CT molecular complexity index is 684. The maximum atomic E-state index is 13.7. The number of nitrogens with one attached hydrogen (secondary N) is 1. The van der Waals surface area contributed by atoms with Gasteiger partial charge in [-0.05, 0) is 25.1 Å². The minimum atomic E-state index is -3.86. The first kappa shape index (κ1) is 16.0. The molecule has 1 rings (SSSR count). The Morgan fingerprint density at radius 3 is 2.75 bits per heavy atom. The molecule has 0 saturated carbocycles. The van der Waals surface area contributed by atoms with Crippen LogP contribution in [0.2, 0.25) is 0 Å². The van der Waals surface area contributed by atoms with Crippen molar-refractivity contribution in [3.05, 3.63) is 29.6 Å². The topological polar surface area (TPSA) is 90.2 Å². The summed E-state index contributed by atoms with van der Waals surface area (Å²) >= 11 is 0. The van der Waals surface area contributed by atoms with Crippen LogP contribution < -0.4 is 4.72 Å². The van der Waals surface area contributed by atoms with Crippen LogP contribution in [-0.4, -0.2) is 25.4 Å². The zero-order valence-electron chi connectivity index (χ0n) is 10.7. The Balaban J connectivity index is 2.95. The van der Waals surface area contributed by atoms with Crippen LogP contribution in [0.25, 0.3) is 0 Å². The van der Waals surface area contributed by atoms with E-state index in [0.29, 0.717) is 0 Å². The lowest BCUT2D eigenvalue weighted by Crippen LogP contribution is -2.23. The Labute approximate surface area is 117 Å². The summed E-state index contributed by atoms with van der Waals surface area (Å²) in [6.45, 7) is 1.12. The van der Waals surface area contributed by atoms with Gasteiger partial charge in [0.2, 0.25) is 10.0 Å². The van der Waals surface area contributed by atoms with E-state index in [1.54, 1.807) is 6.07 Å². The lowest BCUT2D eigenvalue weighted by atomic mass is 10.2. The number of aliphatic hydroxyl groups excluding tert-OH is 1. The monoisotopic (exact) mass is 296 g/mol. The fourth-order valence-corrected chi connectivity index (χ4v) is 1.99. The predicted molar refractivity (Wildman–Crippen MR) is 72.6 cm³/mol. The molecule has 106 valence electrons. The van der Waals surface area contributed by atoms with Gasteiger partial charge in [0.15, 0.2) is 5.25 Å². The second-order valence-corrected chi connectivity index (χ2v) is 5.89. The van der Waals surface area contributed by atoms with Crippen LogP contribution in [0, 0.1) is 29.0 Å². The number of nitriles is 1. The normalized spacial score (nSPS) is 11.9. The molecule has 0 aliphatic rings. The molecule has 0 amide bonds. The molecule has 1 unspecified atom stereocenters. The second-order valence-electron chi connectivity index (χ2n) is 3.89. The number of aliphatic hydroxyl groups is 1. The summed E-state index contributed by atoms with van der Waals surface area (Å²) in [5, 5.41) is 15.9. The van der Waals surface area contributed by atoms with Gasteiger partial charge in [0.05, 0.1) is 23.9 Å². The zero-order valence-corrected chi connectivity index (χ0v) is 11.5. The van der Waals surface area contributed by atoms with E-state index in [9.17, 15) is 12.8 Å². The lowest BCUT2D eigenvalue weighted by molar-refractivity contribution is 0.305. The molecule has 0 aliphatic heterocycles. The summed E-state index contributed by atoms with van der Waals surface area (Å²) in [5.41, 5.74) is 0.132. The summed E-state index contributed by atoms with van der Waals surface area (Å²) in [5.74, 6) is 4.41. The van der Waals surface area contributed by atoms with Gasteiger partial charge in [0.25, 0.3) is 0 Å². The smallest absolute Gasteiger partial charge is 0.248 e. The molecule has 5 nitrogen and oxygen atoms in total. The summed E-state index contributed by atoms with van der Waals surface area (Å²) in [6.07, 6.45) is 0.230. The lowest BCUT2D eigenvalue weighted by Gasteiger charge is -2.09. The maximum absolute atomic E-state index is 13.7. The largest absolute Gasteiger partial charge is 0.395 e. The standard InChI is InChI=1S/C13H13FN2O3S/c1-10(9-15)20(18,19)16-12-6-5-11(13(14)8-12)4-2-3-7-17/h5-6,8,10,16-17H,3,7H2,1H3. The van der Waals surface area contributed by atoms with Crippen molar-refractivity contribution in [3.63, 3.8) is 0 Å². The molecule has 0 bridgehead atoms. The van der Waals surface area contributed by atoms with Crippen molar-refractivity contribution in [3.8, 4) is 17.9 Å². The maximum Gasteiger partial charge on any atom is 0.248 e. The number of nitrogens with zero attached hydrogens (tertiary/aromatic N) is 1. The third-order valence-corrected chi connectivity index (χ3v) is 3.89. The molecule has 2 N–H and O–H groups in total. The van der Waals surface area contributed by atoms with Crippen LogP contribution in [-0.2, 0) is 10.0 Å². The van der Waals surface area contributed by atoms with Crippen molar-refractivity contribution in [2.45, 2.75) is 18.6 Å². The average molecular weight is 296 g/mol. The van der Waals surface area contributed by atoms with E-state index in [-0.39, 0.29) is 24.3 Å². The fraction of sp³-hybridized carbons (Fsp3) is 0.308. The number of sulfonamides is 1. The first-order chi connectivity index (χ1) is 9.40. The molecule has 0 radical (unpaired) electrons. The molecule has 0 spiro atoms. The minimum Gasteiger partial charge on any atom is -0.395 e. The number of benzene rings is 1. The molecule has 1 aromatic carbocycles. The van der Waals surface area contributed by atoms with E-state index in [0.717, 1.165) is 6.07 Å². The second kappa shape index (κ2) is 6.90. The predicted octanol–water partition coefficient (Wildman–Crippen LogP) is 1.21.